The smallest absolute Gasteiger partial charge is 0.222 e. The van der Waals surface area contributed by atoms with E-state index in [9.17, 15) is 4.79 Å². The van der Waals surface area contributed by atoms with Gasteiger partial charge in [0, 0.05) is 25.6 Å². The van der Waals surface area contributed by atoms with Crippen LogP contribution in [0.5, 0.6) is 0 Å². The van der Waals surface area contributed by atoms with Gasteiger partial charge in [0.2, 0.25) is 5.91 Å². The van der Waals surface area contributed by atoms with Gasteiger partial charge >= 0.3 is 0 Å². The van der Waals surface area contributed by atoms with E-state index in [1.807, 2.05) is 4.90 Å². The maximum atomic E-state index is 11.3. The second-order valence-electron chi connectivity index (χ2n) is 3.34. The molecule has 0 radical (unpaired) electrons. The lowest BCUT2D eigenvalue weighted by Crippen LogP contribution is -2.37. The zero-order valence-corrected chi connectivity index (χ0v) is 6.68. The molecule has 0 saturated carbocycles. The number of carbonyl (C=O) groups is 1. The van der Waals surface area contributed by atoms with Crippen molar-refractivity contribution in [2.24, 2.45) is 0 Å². The zero-order chi connectivity index (χ0) is 7.68. The van der Waals surface area contributed by atoms with Crippen LogP contribution in [-0.4, -0.2) is 36.5 Å². The minimum absolute atomic E-state index is 0.360. The molecule has 2 fully saturated rings. The Bertz CT molecular complexity index is 163. The van der Waals surface area contributed by atoms with E-state index < -0.39 is 0 Å². The summed E-state index contributed by atoms with van der Waals surface area (Å²) in [5.41, 5.74) is 0. The summed E-state index contributed by atoms with van der Waals surface area (Å²) in [6.07, 6.45) is 2.98. The molecule has 0 aliphatic carbocycles. The molecule has 2 heterocycles. The molecule has 3 heteroatoms. The quantitative estimate of drug-likeness (QED) is 0.575. The number of rotatable bonds is 1. The highest BCUT2D eigenvalue weighted by molar-refractivity contribution is 5.78. The Morgan fingerprint density at radius 1 is 1.55 bits per heavy atom. The Hall–Kier alpha value is -0.570. The van der Waals surface area contributed by atoms with E-state index in [-0.39, 0.29) is 0 Å². The first-order valence-corrected chi connectivity index (χ1v) is 4.38. The first kappa shape index (κ1) is 7.10. The monoisotopic (exact) mass is 154 g/mol. The van der Waals surface area contributed by atoms with Crippen LogP contribution in [0.15, 0.2) is 0 Å². The molecule has 0 aromatic carbocycles. The van der Waals surface area contributed by atoms with Crippen molar-refractivity contribution in [2.45, 2.75) is 25.3 Å². The van der Waals surface area contributed by atoms with E-state index in [2.05, 4.69) is 5.32 Å². The van der Waals surface area contributed by atoms with Crippen molar-refractivity contribution in [3.63, 3.8) is 0 Å². The topological polar surface area (TPSA) is 32.3 Å². The Morgan fingerprint density at radius 2 is 2.45 bits per heavy atom. The molecule has 2 aliphatic heterocycles. The van der Waals surface area contributed by atoms with Crippen molar-refractivity contribution in [1.29, 1.82) is 0 Å². The van der Waals surface area contributed by atoms with Crippen molar-refractivity contribution in [2.75, 3.05) is 19.6 Å². The molecule has 1 N–H and O–H groups in total. The van der Waals surface area contributed by atoms with Gasteiger partial charge in [0.05, 0.1) is 0 Å². The van der Waals surface area contributed by atoms with Crippen LogP contribution in [0.2, 0.25) is 0 Å². The molecule has 0 aromatic rings. The Balaban J connectivity index is 1.97. The maximum absolute atomic E-state index is 11.3. The van der Waals surface area contributed by atoms with Gasteiger partial charge in [-0.2, -0.15) is 0 Å². The first-order valence-electron chi connectivity index (χ1n) is 4.38. The summed E-state index contributed by atoms with van der Waals surface area (Å²) in [4.78, 5) is 13.3. The largest absolute Gasteiger partial charge is 0.338 e. The molecule has 2 saturated heterocycles. The van der Waals surface area contributed by atoms with Crippen LogP contribution in [0.1, 0.15) is 19.3 Å². The van der Waals surface area contributed by atoms with Crippen LogP contribution >= 0.6 is 0 Å². The van der Waals surface area contributed by atoms with Gasteiger partial charge in [0.15, 0.2) is 0 Å². The Kier molecular flexibility index (Phi) is 1.82. The molecule has 1 atom stereocenters. The molecule has 0 aromatic heterocycles. The van der Waals surface area contributed by atoms with Gasteiger partial charge in [0.1, 0.15) is 0 Å². The molecule has 1 amide bonds. The number of likely N-dealkylation sites (tertiary alicyclic amines) is 1. The molecular formula is C8H14N2O. The summed E-state index contributed by atoms with van der Waals surface area (Å²) >= 11 is 0. The molecular weight excluding hydrogens is 140 g/mol. The molecule has 62 valence electrons. The molecule has 3 nitrogen and oxygen atoms in total. The fraction of sp³-hybridized carbons (Fsp3) is 0.875. The fourth-order valence-electron chi connectivity index (χ4n) is 1.96. The summed E-state index contributed by atoms with van der Waals surface area (Å²) in [5.74, 6) is 0.360. The van der Waals surface area contributed by atoms with Gasteiger partial charge in [-0.1, -0.05) is 0 Å². The third-order valence-electron chi connectivity index (χ3n) is 2.59. The Labute approximate surface area is 66.8 Å². The first-order chi connectivity index (χ1) is 5.38. The fourth-order valence-corrected chi connectivity index (χ4v) is 1.96. The third-order valence-corrected chi connectivity index (χ3v) is 2.59. The molecule has 2 rings (SSSR count). The third kappa shape index (κ3) is 1.25. The number of carbonyl (C=O) groups excluding carboxylic acids is 1. The average Bonchev–Trinajstić information content (AvgIpc) is 2.55. The molecule has 1 unspecified atom stereocenters. The van der Waals surface area contributed by atoms with Gasteiger partial charge in [-0.05, 0) is 19.4 Å². The second kappa shape index (κ2) is 2.81. The summed E-state index contributed by atoms with van der Waals surface area (Å²) in [5, 5.41) is 3.28. The minimum Gasteiger partial charge on any atom is -0.338 e. The standard InChI is InChI=1S/C8H14N2O/c11-8-2-1-5-10(8)7-3-4-9-6-7/h7,9H,1-6H2. The van der Waals surface area contributed by atoms with Crippen molar-refractivity contribution in [3.8, 4) is 0 Å². The summed E-state index contributed by atoms with van der Waals surface area (Å²) < 4.78 is 0. The predicted octanol–water partition coefficient (Wildman–Crippen LogP) is -0.0293. The van der Waals surface area contributed by atoms with Crippen LogP contribution in [0.25, 0.3) is 0 Å². The Morgan fingerprint density at radius 3 is 3.00 bits per heavy atom. The minimum atomic E-state index is 0.360. The van der Waals surface area contributed by atoms with Crippen molar-refractivity contribution >= 4 is 5.91 Å². The molecule has 0 spiro atoms. The van der Waals surface area contributed by atoms with E-state index in [1.54, 1.807) is 0 Å². The normalized spacial score (nSPS) is 31.8. The van der Waals surface area contributed by atoms with E-state index in [0.717, 1.165) is 38.9 Å². The number of hydrogen-bond donors (Lipinski definition) is 1. The molecule has 11 heavy (non-hydrogen) atoms. The van der Waals surface area contributed by atoms with Gasteiger partial charge in [-0.15, -0.1) is 0 Å². The molecule has 2 aliphatic rings. The van der Waals surface area contributed by atoms with E-state index >= 15 is 0 Å². The number of nitrogens with one attached hydrogen (secondary N) is 1. The molecule has 0 bridgehead atoms. The highest BCUT2D eigenvalue weighted by Gasteiger charge is 2.29. The summed E-state index contributed by atoms with van der Waals surface area (Å²) in [6.45, 7) is 3.07. The second-order valence-corrected chi connectivity index (χ2v) is 3.34. The summed E-state index contributed by atoms with van der Waals surface area (Å²) in [6, 6.07) is 0.505. The zero-order valence-electron chi connectivity index (χ0n) is 6.68. The lowest BCUT2D eigenvalue weighted by molar-refractivity contribution is -0.129. The number of hydrogen-bond acceptors (Lipinski definition) is 2. The van der Waals surface area contributed by atoms with Gasteiger partial charge < -0.3 is 10.2 Å². The van der Waals surface area contributed by atoms with Crippen LogP contribution in [0.4, 0.5) is 0 Å². The van der Waals surface area contributed by atoms with Crippen LogP contribution in [0.3, 0.4) is 0 Å². The van der Waals surface area contributed by atoms with Crippen LogP contribution < -0.4 is 5.32 Å². The highest BCUT2D eigenvalue weighted by atomic mass is 16.2. The van der Waals surface area contributed by atoms with Gasteiger partial charge in [0.25, 0.3) is 0 Å². The summed E-state index contributed by atoms with van der Waals surface area (Å²) in [7, 11) is 0. The maximum Gasteiger partial charge on any atom is 0.222 e. The van der Waals surface area contributed by atoms with Crippen molar-refractivity contribution < 1.29 is 4.79 Å². The van der Waals surface area contributed by atoms with Crippen molar-refractivity contribution in [3.05, 3.63) is 0 Å². The lowest BCUT2D eigenvalue weighted by atomic mass is 10.2. The number of amides is 1. The van der Waals surface area contributed by atoms with Crippen molar-refractivity contribution in [1.82, 2.24) is 10.2 Å². The van der Waals surface area contributed by atoms with Crippen LogP contribution in [-0.2, 0) is 4.79 Å². The predicted molar refractivity (Wildman–Crippen MR) is 42.2 cm³/mol. The SMILES string of the molecule is O=C1CCCN1C1CCNC1. The van der Waals surface area contributed by atoms with E-state index in [4.69, 9.17) is 0 Å². The van der Waals surface area contributed by atoms with E-state index in [0.29, 0.717) is 11.9 Å². The van der Waals surface area contributed by atoms with E-state index in [1.165, 1.54) is 0 Å². The lowest BCUT2D eigenvalue weighted by Gasteiger charge is -2.22. The number of nitrogens with zero attached hydrogens (tertiary/aromatic N) is 1. The van der Waals surface area contributed by atoms with Gasteiger partial charge in [-0.3, -0.25) is 4.79 Å². The highest BCUT2D eigenvalue weighted by Crippen LogP contribution is 2.16. The average molecular weight is 154 g/mol. The van der Waals surface area contributed by atoms with Crippen LogP contribution in [0, 0.1) is 0 Å². The van der Waals surface area contributed by atoms with Gasteiger partial charge in [-0.25, -0.2) is 0 Å².